The minimum atomic E-state index is -3.52. The second kappa shape index (κ2) is 5.86. The highest BCUT2D eigenvalue weighted by atomic mass is 32.2. The lowest BCUT2D eigenvalue weighted by Crippen LogP contribution is -2.45. The zero-order chi connectivity index (χ0) is 14.7. The van der Waals surface area contributed by atoms with Crippen molar-refractivity contribution >= 4 is 10.0 Å². The maximum atomic E-state index is 12.6. The molecule has 5 heteroatoms. The molecule has 0 amide bonds. The molecule has 0 saturated carbocycles. The summed E-state index contributed by atoms with van der Waals surface area (Å²) in [6.45, 7) is 9.90. The molecule has 1 aromatic rings. The zero-order valence-electron chi connectivity index (χ0n) is 11.8. The lowest BCUT2D eigenvalue weighted by atomic mass is 10.1. The van der Waals surface area contributed by atoms with Gasteiger partial charge in [0, 0.05) is 18.6 Å². The molecule has 0 aliphatic carbocycles. The zero-order valence-corrected chi connectivity index (χ0v) is 12.6. The van der Waals surface area contributed by atoms with Crippen LogP contribution in [-0.2, 0) is 16.6 Å². The molecule has 0 bridgehead atoms. The summed E-state index contributed by atoms with van der Waals surface area (Å²) in [7, 11) is -3.52. The van der Waals surface area contributed by atoms with E-state index in [4.69, 9.17) is 5.73 Å². The molecule has 0 saturated heterocycles. The van der Waals surface area contributed by atoms with Crippen molar-refractivity contribution in [3.63, 3.8) is 0 Å². The molecule has 1 rings (SSSR count). The fourth-order valence-corrected chi connectivity index (χ4v) is 3.53. The average molecular weight is 282 g/mol. The third-order valence-corrected chi connectivity index (χ3v) is 4.94. The van der Waals surface area contributed by atoms with Crippen molar-refractivity contribution < 1.29 is 8.42 Å². The second-order valence-electron chi connectivity index (χ2n) is 5.34. The standard InChI is InChI=1S/C14H22N2O2S/c1-5-10-16(14(2,3)4)19(17,18)13-8-6-12(11-15)7-9-13/h5-9H,1,10-11,15H2,2-4H3. The predicted octanol–water partition coefficient (Wildman–Crippen LogP) is 2.12. The molecular weight excluding hydrogens is 260 g/mol. The van der Waals surface area contributed by atoms with Gasteiger partial charge in [-0.1, -0.05) is 18.2 Å². The van der Waals surface area contributed by atoms with Gasteiger partial charge in [-0.25, -0.2) is 8.42 Å². The molecule has 1 aromatic carbocycles. The SMILES string of the molecule is C=CCN(C(C)(C)C)S(=O)(=O)c1ccc(CN)cc1. The van der Waals surface area contributed by atoms with Crippen molar-refractivity contribution in [1.29, 1.82) is 0 Å². The third kappa shape index (κ3) is 3.65. The molecule has 19 heavy (non-hydrogen) atoms. The Balaban J connectivity index is 3.22. The van der Waals surface area contributed by atoms with Crippen molar-refractivity contribution in [1.82, 2.24) is 4.31 Å². The van der Waals surface area contributed by atoms with Crippen LogP contribution < -0.4 is 5.73 Å². The summed E-state index contributed by atoms with van der Waals surface area (Å²) in [6, 6.07) is 6.67. The topological polar surface area (TPSA) is 63.4 Å². The van der Waals surface area contributed by atoms with Crippen LogP contribution in [0.3, 0.4) is 0 Å². The van der Waals surface area contributed by atoms with Gasteiger partial charge in [0.15, 0.2) is 0 Å². The van der Waals surface area contributed by atoms with Crippen LogP contribution in [0.1, 0.15) is 26.3 Å². The molecule has 0 aromatic heterocycles. The molecule has 0 heterocycles. The molecule has 0 aliphatic rings. The molecule has 0 radical (unpaired) electrons. The molecule has 0 spiro atoms. The van der Waals surface area contributed by atoms with Crippen LogP contribution in [0.2, 0.25) is 0 Å². The Bertz CT molecular complexity index is 528. The van der Waals surface area contributed by atoms with Gasteiger partial charge in [-0.05, 0) is 38.5 Å². The summed E-state index contributed by atoms with van der Waals surface area (Å²) in [5.41, 5.74) is 5.92. The molecule has 0 fully saturated rings. The minimum absolute atomic E-state index is 0.279. The van der Waals surface area contributed by atoms with E-state index >= 15 is 0 Å². The maximum Gasteiger partial charge on any atom is 0.243 e. The van der Waals surface area contributed by atoms with Crippen LogP contribution in [0.4, 0.5) is 0 Å². The van der Waals surface area contributed by atoms with Crippen molar-refractivity contribution in [2.75, 3.05) is 6.54 Å². The Morgan fingerprint density at radius 2 is 1.79 bits per heavy atom. The average Bonchev–Trinajstić information content (AvgIpc) is 2.34. The Morgan fingerprint density at radius 3 is 2.16 bits per heavy atom. The van der Waals surface area contributed by atoms with E-state index in [0.717, 1.165) is 5.56 Å². The van der Waals surface area contributed by atoms with Crippen molar-refractivity contribution in [2.24, 2.45) is 5.73 Å². The number of hydrogen-bond acceptors (Lipinski definition) is 3. The molecular formula is C14H22N2O2S. The predicted molar refractivity (Wildman–Crippen MR) is 78.2 cm³/mol. The highest BCUT2D eigenvalue weighted by molar-refractivity contribution is 7.89. The van der Waals surface area contributed by atoms with Crippen molar-refractivity contribution in [3.8, 4) is 0 Å². The van der Waals surface area contributed by atoms with Gasteiger partial charge < -0.3 is 5.73 Å². The molecule has 0 atom stereocenters. The van der Waals surface area contributed by atoms with Crippen LogP contribution in [0.5, 0.6) is 0 Å². The lowest BCUT2D eigenvalue weighted by Gasteiger charge is -2.33. The van der Waals surface area contributed by atoms with Crippen LogP contribution in [-0.4, -0.2) is 24.8 Å². The van der Waals surface area contributed by atoms with E-state index in [0.29, 0.717) is 6.54 Å². The first-order chi connectivity index (χ1) is 8.73. The highest BCUT2D eigenvalue weighted by Gasteiger charge is 2.32. The number of rotatable bonds is 5. The minimum Gasteiger partial charge on any atom is -0.326 e. The quantitative estimate of drug-likeness (QED) is 0.841. The summed E-state index contributed by atoms with van der Waals surface area (Å²) in [4.78, 5) is 0.279. The van der Waals surface area contributed by atoms with E-state index in [2.05, 4.69) is 6.58 Å². The Hall–Kier alpha value is -1.17. The van der Waals surface area contributed by atoms with Gasteiger partial charge in [0.25, 0.3) is 0 Å². The largest absolute Gasteiger partial charge is 0.326 e. The Labute approximate surface area is 116 Å². The molecule has 2 N–H and O–H groups in total. The summed E-state index contributed by atoms with van der Waals surface area (Å²) in [5.74, 6) is 0. The first-order valence-electron chi connectivity index (χ1n) is 6.16. The normalized spacial score (nSPS) is 12.7. The number of sulfonamides is 1. The Morgan fingerprint density at radius 1 is 1.26 bits per heavy atom. The monoisotopic (exact) mass is 282 g/mol. The van der Waals surface area contributed by atoms with Crippen molar-refractivity contribution in [2.45, 2.75) is 37.8 Å². The van der Waals surface area contributed by atoms with E-state index in [1.54, 1.807) is 30.3 Å². The summed E-state index contributed by atoms with van der Waals surface area (Å²) >= 11 is 0. The number of nitrogens with zero attached hydrogens (tertiary/aromatic N) is 1. The summed E-state index contributed by atoms with van der Waals surface area (Å²) in [6.07, 6.45) is 1.59. The highest BCUT2D eigenvalue weighted by Crippen LogP contribution is 2.24. The van der Waals surface area contributed by atoms with Gasteiger partial charge in [-0.2, -0.15) is 4.31 Å². The smallest absolute Gasteiger partial charge is 0.243 e. The van der Waals surface area contributed by atoms with Gasteiger partial charge in [0.1, 0.15) is 0 Å². The van der Waals surface area contributed by atoms with Gasteiger partial charge in [-0.3, -0.25) is 0 Å². The van der Waals surface area contributed by atoms with Crippen LogP contribution in [0.15, 0.2) is 41.8 Å². The van der Waals surface area contributed by atoms with E-state index in [1.165, 1.54) is 4.31 Å². The molecule has 0 aliphatic heterocycles. The first kappa shape index (κ1) is 15.9. The summed E-state index contributed by atoms with van der Waals surface area (Å²) < 4.78 is 26.7. The van der Waals surface area contributed by atoms with E-state index < -0.39 is 15.6 Å². The van der Waals surface area contributed by atoms with Crippen LogP contribution in [0, 0.1) is 0 Å². The van der Waals surface area contributed by atoms with E-state index in [1.807, 2.05) is 20.8 Å². The van der Waals surface area contributed by atoms with Gasteiger partial charge >= 0.3 is 0 Å². The third-order valence-electron chi connectivity index (χ3n) is 2.79. The fraction of sp³-hybridized carbons (Fsp3) is 0.429. The lowest BCUT2D eigenvalue weighted by molar-refractivity contribution is 0.270. The number of hydrogen-bond donors (Lipinski definition) is 1. The van der Waals surface area contributed by atoms with Gasteiger partial charge in [0.05, 0.1) is 4.90 Å². The van der Waals surface area contributed by atoms with Crippen LogP contribution in [0.25, 0.3) is 0 Å². The summed E-state index contributed by atoms with van der Waals surface area (Å²) in [5, 5.41) is 0. The van der Waals surface area contributed by atoms with Gasteiger partial charge in [0.2, 0.25) is 10.0 Å². The maximum absolute atomic E-state index is 12.6. The molecule has 4 nitrogen and oxygen atoms in total. The number of nitrogens with two attached hydrogens (primary N) is 1. The first-order valence-corrected chi connectivity index (χ1v) is 7.60. The molecule has 106 valence electrons. The second-order valence-corrected chi connectivity index (χ2v) is 7.21. The van der Waals surface area contributed by atoms with Crippen LogP contribution >= 0.6 is 0 Å². The number of benzene rings is 1. The molecule has 0 unspecified atom stereocenters. The van der Waals surface area contributed by atoms with Gasteiger partial charge in [-0.15, -0.1) is 6.58 Å². The van der Waals surface area contributed by atoms with Crippen molar-refractivity contribution in [3.05, 3.63) is 42.5 Å². The van der Waals surface area contributed by atoms with E-state index in [-0.39, 0.29) is 11.4 Å². The van der Waals surface area contributed by atoms with E-state index in [9.17, 15) is 8.42 Å². The fourth-order valence-electron chi connectivity index (χ4n) is 1.77. The Kier molecular flexibility index (Phi) is 4.90.